The summed E-state index contributed by atoms with van der Waals surface area (Å²) >= 11 is 6.04. The first kappa shape index (κ1) is 14.9. The molecule has 4 aromatic rings. The van der Waals surface area contributed by atoms with E-state index < -0.39 is 10.9 Å². The molecule has 3 nitrogen and oxygen atoms in total. The van der Waals surface area contributed by atoms with Gasteiger partial charge in [-0.3, -0.25) is 9.59 Å². The molecule has 0 spiro atoms. The molecule has 118 valence electrons. The van der Waals surface area contributed by atoms with Crippen LogP contribution in [0.2, 0.25) is 5.02 Å². The van der Waals surface area contributed by atoms with E-state index in [2.05, 4.69) is 16.7 Å². The van der Waals surface area contributed by atoms with E-state index in [-0.39, 0.29) is 5.02 Å². The zero-order valence-corrected chi connectivity index (χ0v) is 13.8. The van der Waals surface area contributed by atoms with E-state index in [1.165, 1.54) is 5.56 Å². The second kappa shape index (κ2) is 5.46. The van der Waals surface area contributed by atoms with Crippen molar-refractivity contribution in [1.82, 2.24) is 4.57 Å². The fraction of sp³-hybridized carbons (Fsp3) is 0.100. The van der Waals surface area contributed by atoms with Crippen molar-refractivity contribution in [2.24, 2.45) is 0 Å². The summed E-state index contributed by atoms with van der Waals surface area (Å²) in [7, 11) is 0. The second-order valence-electron chi connectivity index (χ2n) is 5.90. The van der Waals surface area contributed by atoms with Crippen molar-refractivity contribution in [2.45, 2.75) is 13.5 Å². The van der Waals surface area contributed by atoms with Crippen LogP contribution in [0.1, 0.15) is 11.3 Å². The fourth-order valence-corrected chi connectivity index (χ4v) is 3.57. The molecule has 1 heterocycles. The lowest BCUT2D eigenvalue weighted by molar-refractivity contribution is 0.806. The molecule has 4 heteroatoms. The van der Waals surface area contributed by atoms with Gasteiger partial charge in [0.1, 0.15) is 5.02 Å². The van der Waals surface area contributed by atoms with Crippen LogP contribution in [0.4, 0.5) is 0 Å². The molecule has 0 N–H and O–H groups in total. The van der Waals surface area contributed by atoms with Crippen molar-refractivity contribution < 1.29 is 0 Å². The van der Waals surface area contributed by atoms with Crippen LogP contribution < -0.4 is 10.9 Å². The van der Waals surface area contributed by atoms with Crippen molar-refractivity contribution >= 4 is 22.5 Å². The maximum Gasteiger partial charge on any atom is 0.245 e. The summed E-state index contributed by atoms with van der Waals surface area (Å²) in [6.45, 7) is 2.66. The minimum atomic E-state index is -0.592. The molecule has 0 saturated carbocycles. The van der Waals surface area contributed by atoms with Crippen molar-refractivity contribution in [3.8, 4) is 11.1 Å². The molecular formula is C20H14ClNO2. The number of aromatic nitrogens is 1. The summed E-state index contributed by atoms with van der Waals surface area (Å²) in [6, 6.07) is 18.0. The summed E-state index contributed by atoms with van der Waals surface area (Å²) in [5.74, 6) is 0. The van der Waals surface area contributed by atoms with Gasteiger partial charge in [-0.05, 0) is 18.6 Å². The topological polar surface area (TPSA) is 39.1 Å². The zero-order valence-electron chi connectivity index (χ0n) is 13.0. The van der Waals surface area contributed by atoms with Crippen LogP contribution in [0.5, 0.6) is 0 Å². The molecule has 0 fully saturated rings. The number of para-hydroxylation sites is 1. The fourth-order valence-electron chi connectivity index (χ4n) is 3.30. The van der Waals surface area contributed by atoms with Crippen molar-refractivity contribution in [1.29, 1.82) is 0 Å². The molecule has 1 aromatic heterocycles. The highest BCUT2D eigenvalue weighted by atomic mass is 35.5. The molecule has 0 unspecified atom stereocenters. The third-order valence-electron chi connectivity index (χ3n) is 4.52. The van der Waals surface area contributed by atoms with E-state index in [0.29, 0.717) is 12.1 Å². The molecule has 0 atom stereocenters. The summed E-state index contributed by atoms with van der Waals surface area (Å²) in [5, 5.41) is 0.991. The van der Waals surface area contributed by atoms with Crippen LogP contribution in [-0.2, 0) is 6.54 Å². The minimum Gasteiger partial charge on any atom is -0.340 e. The van der Waals surface area contributed by atoms with Gasteiger partial charge in [-0.1, -0.05) is 60.1 Å². The number of hydrogen-bond acceptors (Lipinski definition) is 2. The normalized spacial score (nSPS) is 11.4. The number of nitrogens with zero attached hydrogens (tertiary/aromatic N) is 1. The number of fused-ring (bicyclic) bond motifs is 1. The predicted octanol–water partition coefficient (Wildman–Crippen LogP) is 3.91. The number of benzene rings is 2. The third-order valence-corrected chi connectivity index (χ3v) is 4.88. The molecule has 0 aliphatic carbocycles. The predicted molar refractivity (Wildman–Crippen MR) is 97.6 cm³/mol. The Kier molecular flexibility index (Phi) is 3.39. The molecule has 4 rings (SSSR count). The quantitative estimate of drug-likeness (QED) is 0.532. The maximum atomic E-state index is 12.0. The zero-order chi connectivity index (χ0) is 16.8. The van der Waals surface area contributed by atoms with E-state index >= 15 is 0 Å². The van der Waals surface area contributed by atoms with E-state index in [9.17, 15) is 9.59 Å². The second-order valence-corrected chi connectivity index (χ2v) is 6.27. The third kappa shape index (κ3) is 2.05. The summed E-state index contributed by atoms with van der Waals surface area (Å²) in [6.07, 6.45) is 0. The highest BCUT2D eigenvalue weighted by molar-refractivity contribution is 6.34. The van der Waals surface area contributed by atoms with Gasteiger partial charge < -0.3 is 4.57 Å². The molecule has 0 saturated heterocycles. The van der Waals surface area contributed by atoms with Crippen LogP contribution in [0.3, 0.4) is 0 Å². The Bertz CT molecular complexity index is 1130. The van der Waals surface area contributed by atoms with Gasteiger partial charge in [0.05, 0.1) is 5.56 Å². The SMILES string of the molecule is Cc1c(-c2c(Cl)c(=O)c2=O)c2ccccc2n1Cc1ccccc1. The Hall–Kier alpha value is -2.65. The van der Waals surface area contributed by atoms with E-state index in [1.807, 2.05) is 49.4 Å². The molecular weight excluding hydrogens is 322 g/mol. The lowest BCUT2D eigenvalue weighted by atomic mass is 9.98. The summed E-state index contributed by atoms with van der Waals surface area (Å²) < 4.78 is 2.16. The Labute approximate surface area is 143 Å². The van der Waals surface area contributed by atoms with Gasteiger partial charge in [0.2, 0.25) is 10.9 Å². The van der Waals surface area contributed by atoms with Gasteiger partial charge in [-0.2, -0.15) is 0 Å². The highest BCUT2D eigenvalue weighted by Crippen LogP contribution is 2.36. The Balaban J connectivity index is 1.98. The maximum absolute atomic E-state index is 12.0. The van der Waals surface area contributed by atoms with Crippen molar-refractivity contribution in [2.75, 3.05) is 0 Å². The molecule has 0 aliphatic heterocycles. The van der Waals surface area contributed by atoms with E-state index in [0.717, 1.165) is 22.2 Å². The van der Waals surface area contributed by atoms with Crippen molar-refractivity contribution in [3.63, 3.8) is 0 Å². The molecule has 0 amide bonds. The largest absolute Gasteiger partial charge is 0.340 e. The minimum absolute atomic E-state index is 0.0470. The first-order valence-electron chi connectivity index (χ1n) is 7.70. The average molecular weight is 336 g/mol. The number of hydrogen-bond donors (Lipinski definition) is 0. The van der Waals surface area contributed by atoms with Gasteiger partial charge in [0, 0.05) is 28.7 Å². The number of rotatable bonds is 3. The summed E-state index contributed by atoms with van der Waals surface area (Å²) in [5.41, 5.74) is 3.17. The lowest BCUT2D eigenvalue weighted by Crippen LogP contribution is -2.33. The Morgan fingerprint density at radius 1 is 0.875 bits per heavy atom. The van der Waals surface area contributed by atoms with Crippen LogP contribution in [-0.4, -0.2) is 4.57 Å². The molecule has 0 bridgehead atoms. The van der Waals surface area contributed by atoms with Gasteiger partial charge in [-0.25, -0.2) is 0 Å². The molecule has 3 aromatic carbocycles. The molecule has 24 heavy (non-hydrogen) atoms. The van der Waals surface area contributed by atoms with Gasteiger partial charge in [0.25, 0.3) is 0 Å². The Morgan fingerprint density at radius 2 is 1.54 bits per heavy atom. The average Bonchev–Trinajstić information content (AvgIpc) is 2.88. The van der Waals surface area contributed by atoms with Gasteiger partial charge in [-0.15, -0.1) is 0 Å². The van der Waals surface area contributed by atoms with Crippen LogP contribution in [0.15, 0.2) is 64.2 Å². The smallest absolute Gasteiger partial charge is 0.245 e. The van der Waals surface area contributed by atoms with E-state index in [4.69, 9.17) is 11.6 Å². The first-order chi connectivity index (χ1) is 11.6. The summed E-state index contributed by atoms with van der Waals surface area (Å²) in [4.78, 5) is 23.6. The molecule has 0 aliphatic rings. The van der Waals surface area contributed by atoms with E-state index in [1.54, 1.807) is 0 Å². The highest BCUT2D eigenvalue weighted by Gasteiger charge is 2.26. The monoisotopic (exact) mass is 335 g/mol. The van der Waals surface area contributed by atoms with Crippen LogP contribution >= 0.6 is 11.6 Å². The first-order valence-corrected chi connectivity index (χ1v) is 8.08. The number of halogens is 1. The van der Waals surface area contributed by atoms with Crippen LogP contribution in [0, 0.1) is 6.92 Å². The van der Waals surface area contributed by atoms with Crippen LogP contribution in [0.25, 0.3) is 22.0 Å². The molecule has 0 radical (unpaired) electrons. The lowest BCUT2D eigenvalue weighted by Gasteiger charge is -2.10. The standard InChI is InChI=1S/C20H14ClNO2/c1-12-16(17-18(21)20(24)19(17)23)14-9-5-6-10-15(14)22(12)11-13-7-3-2-4-8-13/h2-10H,11H2,1H3. The Morgan fingerprint density at radius 3 is 2.25 bits per heavy atom. The van der Waals surface area contributed by atoms with Gasteiger partial charge in [0.15, 0.2) is 0 Å². The van der Waals surface area contributed by atoms with Gasteiger partial charge >= 0.3 is 0 Å². The van der Waals surface area contributed by atoms with Crippen molar-refractivity contribution in [3.05, 3.63) is 91.3 Å².